The van der Waals surface area contributed by atoms with Crippen molar-refractivity contribution in [2.24, 2.45) is 0 Å². The van der Waals surface area contributed by atoms with Crippen LogP contribution < -0.4 is 0 Å². The molecule has 0 unspecified atom stereocenters. The van der Waals surface area contributed by atoms with E-state index in [9.17, 15) is 0 Å². The third-order valence-corrected chi connectivity index (χ3v) is 4.52. The summed E-state index contributed by atoms with van der Waals surface area (Å²) in [5.74, 6) is 1.08. The lowest BCUT2D eigenvalue weighted by atomic mass is 10.2. The van der Waals surface area contributed by atoms with E-state index < -0.39 is 0 Å². The first-order valence-electron chi connectivity index (χ1n) is 5.85. The number of aromatic nitrogens is 2. The van der Waals surface area contributed by atoms with Gasteiger partial charge in [0.1, 0.15) is 9.98 Å². The first kappa shape index (κ1) is 13.1. The van der Waals surface area contributed by atoms with Crippen LogP contribution >= 0.6 is 34.7 Å². The fourth-order valence-electron chi connectivity index (χ4n) is 1.56. The number of unbranched alkanes of at least 4 members (excludes halogenated alkanes) is 3. The molecule has 0 saturated heterocycles. The van der Waals surface area contributed by atoms with E-state index in [1.165, 1.54) is 25.7 Å². The van der Waals surface area contributed by atoms with E-state index in [0.717, 1.165) is 21.1 Å². The van der Waals surface area contributed by atoms with Gasteiger partial charge >= 0.3 is 0 Å². The molecule has 2 heterocycles. The summed E-state index contributed by atoms with van der Waals surface area (Å²) in [6, 6.07) is 1.97. The van der Waals surface area contributed by atoms with Gasteiger partial charge in [0, 0.05) is 11.1 Å². The largest absolute Gasteiger partial charge is 0.211 e. The monoisotopic (exact) mass is 286 g/mol. The van der Waals surface area contributed by atoms with Crippen LogP contribution in [0.5, 0.6) is 0 Å². The van der Waals surface area contributed by atoms with Crippen molar-refractivity contribution in [2.45, 2.75) is 37.8 Å². The van der Waals surface area contributed by atoms with Gasteiger partial charge < -0.3 is 0 Å². The Balaban J connectivity index is 1.94. The molecule has 0 aliphatic heterocycles. The minimum Gasteiger partial charge on any atom is -0.211 e. The maximum absolute atomic E-state index is 6.11. The first-order chi connectivity index (χ1) is 8.31. The van der Waals surface area contributed by atoms with Crippen LogP contribution in [0.2, 0.25) is 5.15 Å². The van der Waals surface area contributed by atoms with Crippen LogP contribution in [0.1, 0.15) is 32.6 Å². The molecule has 92 valence electrons. The lowest BCUT2D eigenvalue weighted by Gasteiger charge is -2.01. The van der Waals surface area contributed by atoms with E-state index in [1.807, 2.05) is 11.4 Å². The minimum atomic E-state index is 0.576. The maximum Gasteiger partial charge on any atom is 0.190 e. The molecule has 0 N–H and O–H groups in total. The van der Waals surface area contributed by atoms with Crippen molar-refractivity contribution in [3.63, 3.8) is 0 Å². The molecular formula is C12H15ClN2S2. The Labute approximate surface area is 115 Å². The normalized spacial score (nSPS) is 11.2. The molecule has 0 fully saturated rings. The lowest BCUT2D eigenvalue weighted by Crippen LogP contribution is -1.89. The summed E-state index contributed by atoms with van der Waals surface area (Å²) in [7, 11) is 0. The third-order valence-electron chi connectivity index (χ3n) is 2.49. The fourth-order valence-corrected chi connectivity index (χ4v) is 3.56. The highest BCUT2D eigenvalue weighted by molar-refractivity contribution is 7.99. The summed E-state index contributed by atoms with van der Waals surface area (Å²) in [6.07, 6.45) is 5.10. The highest BCUT2D eigenvalue weighted by Crippen LogP contribution is 2.28. The molecular weight excluding hydrogens is 272 g/mol. The standard InChI is InChI=1S/C12H15ClN2S2/c1-2-3-4-5-7-17-12-14-10(13)9-6-8-16-11(9)15-12/h6,8H,2-5,7H2,1H3. The quantitative estimate of drug-likeness (QED) is 0.323. The van der Waals surface area contributed by atoms with Crippen LogP contribution in [0, 0.1) is 0 Å². The van der Waals surface area contributed by atoms with Crippen molar-refractivity contribution < 1.29 is 0 Å². The minimum absolute atomic E-state index is 0.576. The Kier molecular flexibility index (Phi) is 5.07. The molecule has 0 bridgehead atoms. The Hall–Kier alpha value is -0.320. The molecule has 2 aromatic rings. The molecule has 0 spiro atoms. The summed E-state index contributed by atoms with van der Waals surface area (Å²) in [5.41, 5.74) is 0. The molecule has 0 atom stereocenters. The topological polar surface area (TPSA) is 25.8 Å². The van der Waals surface area contributed by atoms with E-state index in [4.69, 9.17) is 11.6 Å². The summed E-state index contributed by atoms with van der Waals surface area (Å²) < 4.78 is 0. The van der Waals surface area contributed by atoms with Gasteiger partial charge in [0.05, 0.1) is 0 Å². The van der Waals surface area contributed by atoms with Gasteiger partial charge in [-0.25, -0.2) is 9.97 Å². The number of hydrogen-bond acceptors (Lipinski definition) is 4. The molecule has 0 saturated carbocycles. The van der Waals surface area contributed by atoms with Gasteiger partial charge in [0.25, 0.3) is 0 Å². The van der Waals surface area contributed by atoms with E-state index in [0.29, 0.717) is 5.15 Å². The van der Waals surface area contributed by atoms with Gasteiger partial charge in [-0.2, -0.15) is 0 Å². The molecule has 0 aliphatic carbocycles. The Morgan fingerprint density at radius 3 is 3.00 bits per heavy atom. The van der Waals surface area contributed by atoms with Crippen LogP contribution in [0.3, 0.4) is 0 Å². The number of hydrogen-bond donors (Lipinski definition) is 0. The van der Waals surface area contributed by atoms with Crippen molar-refractivity contribution in [2.75, 3.05) is 5.75 Å². The Bertz CT molecular complexity index is 484. The number of nitrogens with zero attached hydrogens (tertiary/aromatic N) is 2. The van der Waals surface area contributed by atoms with Crippen molar-refractivity contribution in [1.29, 1.82) is 0 Å². The van der Waals surface area contributed by atoms with Crippen molar-refractivity contribution in [3.05, 3.63) is 16.6 Å². The number of halogens is 1. The van der Waals surface area contributed by atoms with Crippen LogP contribution in [0.15, 0.2) is 16.6 Å². The summed E-state index contributed by atoms with van der Waals surface area (Å²) in [6.45, 7) is 2.22. The second-order valence-electron chi connectivity index (χ2n) is 3.85. The summed E-state index contributed by atoms with van der Waals surface area (Å²) in [5, 5.41) is 4.35. The molecule has 0 radical (unpaired) electrons. The van der Waals surface area contributed by atoms with Crippen LogP contribution in [0.25, 0.3) is 10.2 Å². The van der Waals surface area contributed by atoms with Crippen LogP contribution in [-0.2, 0) is 0 Å². The van der Waals surface area contributed by atoms with Gasteiger partial charge in [-0.15, -0.1) is 11.3 Å². The summed E-state index contributed by atoms with van der Waals surface area (Å²) in [4.78, 5) is 9.80. The number of rotatable bonds is 6. The van der Waals surface area contributed by atoms with E-state index in [2.05, 4.69) is 16.9 Å². The number of thioether (sulfide) groups is 1. The van der Waals surface area contributed by atoms with Crippen molar-refractivity contribution >= 4 is 44.9 Å². The average molecular weight is 287 g/mol. The fraction of sp³-hybridized carbons (Fsp3) is 0.500. The molecule has 2 rings (SSSR count). The molecule has 0 amide bonds. The van der Waals surface area contributed by atoms with Crippen molar-refractivity contribution in [1.82, 2.24) is 9.97 Å². The molecule has 5 heteroatoms. The van der Waals surface area contributed by atoms with Gasteiger partial charge in [0.15, 0.2) is 5.16 Å². The second-order valence-corrected chi connectivity index (χ2v) is 6.16. The smallest absolute Gasteiger partial charge is 0.190 e. The van der Waals surface area contributed by atoms with Gasteiger partial charge in [-0.3, -0.25) is 0 Å². The van der Waals surface area contributed by atoms with E-state index in [1.54, 1.807) is 23.1 Å². The highest BCUT2D eigenvalue weighted by atomic mass is 35.5. The third kappa shape index (κ3) is 3.57. The van der Waals surface area contributed by atoms with Crippen LogP contribution in [-0.4, -0.2) is 15.7 Å². The number of fused-ring (bicyclic) bond motifs is 1. The predicted octanol–water partition coefficient (Wildman–Crippen LogP) is 5.02. The predicted molar refractivity (Wildman–Crippen MR) is 77.3 cm³/mol. The first-order valence-corrected chi connectivity index (χ1v) is 8.09. The van der Waals surface area contributed by atoms with Gasteiger partial charge in [-0.05, 0) is 17.9 Å². The van der Waals surface area contributed by atoms with Gasteiger partial charge in [0.2, 0.25) is 0 Å². The van der Waals surface area contributed by atoms with E-state index in [-0.39, 0.29) is 0 Å². The summed E-state index contributed by atoms with van der Waals surface area (Å²) >= 11 is 9.43. The Morgan fingerprint density at radius 2 is 2.18 bits per heavy atom. The lowest BCUT2D eigenvalue weighted by molar-refractivity contribution is 0.706. The average Bonchev–Trinajstić information content (AvgIpc) is 2.77. The Morgan fingerprint density at radius 1 is 1.29 bits per heavy atom. The number of thiophene rings is 1. The van der Waals surface area contributed by atoms with Crippen molar-refractivity contribution in [3.8, 4) is 0 Å². The van der Waals surface area contributed by atoms with Crippen LogP contribution in [0.4, 0.5) is 0 Å². The van der Waals surface area contributed by atoms with E-state index >= 15 is 0 Å². The highest BCUT2D eigenvalue weighted by Gasteiger charge is 2.07. The molecule has 2 nitrogen and oxygen atoms in total. The molecule has 2 aromatic heterocycles. The zero-order chi connectivity index (χ0) is 12.1. The van der Waals surface area contributed by atoms with Gasteiger partial charge in [-0.1, -0.05) is 49.5 Å². The molecule has 17 heavy (non-hydrogen) atoms. The zero-order valence-electron chi connectivity index (χ0n) is 9.78. The molecule has 0 aliphatic rings. The molecule has 0 aromatic carbocycles. The second kappa shape index (κ2) is 6.57. The maximum atomic E-state index is 6.11. The SMILES string of the molecule is CCCCCCSc1nc(Cl)c2ccsc2n1. The zero-order valence-corrected chi connectivity index (χ0v) is 12.2.